The largest absolute Gasteiger partial charge is 0.478 e. The molecular weight excluding hydrogens is 280 g/mol. The Hall–Kier alpha value is -1.34. The first-order valence-corrected chi connectivity index (χ1v) is 7.43. The van der Waals surface area contributed by atoms with Gasteiger partial charge in [-0.15, -0.1) is 0 Å². The van der Waals surface area contributed by atoms with Crippen LogP contribution >= 0.6 is 11.6 Å². The summed E-state index contributed by atoms with van der Waals surface area (Å²) in [6.45, 7) is 0. The van der Waals surface area contributed by atoms with Crippen molar-refractivity contribution in [1.29, 1.82) is 0 Å². The average molecular weight is 291 g/mol. The van der Waals surface area contributed by atoms with Gasteiger partial charge < -0.3 is 10.4 Å². The molecule has 1 fully saturated rings. The molecular formula is C10H11ClN2O4S. The van der Waals surface area contributed by atoms with E-state index >= 15 is 0 Å². The zero-order chi connectivity index (χ0) is 13.3. The molecule has 0 saturated carbocycles. The Labute approximate surface area is 109 Å². The quantitative estimate of drug-likeness (QED) is 0.863. The van der Waals surface area contributed by atoms with E-state index < -0.39 is 15.8 Å². The van der Waals surface area contributed by atoms with E-state index in [4.69, 9.17) is 16.7 Å². The molecule has 1 saturated heterocycles. The fourth-order valence-corrected chi connectivity index (χ4v) is 3.66. The number of rotatable bonds is 3. The Bertz CT molecular complexity index is 588. The maximum atomic E-state index is 11.3. The zero-order valence-electron chi connectivity index (χ0n) is 9.26. The van der Waals surface area contributed by atoms with E-state index in [1.165, 1.54) is 12.3 Å². The Kier molecular flexibility index (Phi) is 3.45. The molecule has 1 aliphatic heterocycles. The Morgan fingerprint density at radius 1 is 1.56 bits per heavy atom. The number of carboxylic acids is 1. The third-order valence-corrected chi connectivity index (χ3v) is 4.74. The molecule has 6 nitrogen and oxygen atoms in total. The van der Waals surface area contributed by atoms with Gasteiger partial charge in [0.1, 0.15) is 5.82 Å². The van der Waals surface area contributed by atoms with Crippen molar-refractivity contribution < 1.29 is 18.3 Å². The molecule has 1 atom stereocenters. The van der Waals surface area contributed by atoms with E-state index in [1.54, 1.807) is 0 Å². The number of sulfone groups is 1. The van der Waals surface area contributed by atoms with Gasteiger partial charge in [0.25, 0.3) is 0 Å². The Morgan fingerprint density at radius 2 is 2.28 bits per heavy atom. The molecule has 2 N–H and O–H groups in total. The van der Waals surface area contributed by atoms with Gasteiger partial charge in [-0.25, -0.2) is 18.2 Å². The maximum absolute atomic E-state index is 11.3. The van der Waals surface area contributed by atoms with Crippen LogP contribution < -0.4 is 5.32 Å². The summed E-state index contributed by atoms with van der Waals surface area (Å²) in [4.78, 5) is 14.8. The Morgan fingerprint density at radius 3 is 2.83 bits per heavy atom. The van der Waals surface area contributed by atoms with Gasteiger partial charge in [0.15, 0.2) is 9.84 Å². The van der Waals surface area contributed by atoms with E-state index in [2.05, 4.69) is 10.3 Å². The van der Waals surface area contributed by atoms with Gasteiger partial charge in [-0.1, -0.05) is 11.6 Å². The first-order chi connectivity index (χ1) is 8.37. The first kappa shape index (κ1) is 13.1. The van der Waals surface area contributed by atoms with Crippen molar-refractivity contribution in [1.82, 2.24) is 4.98 Å². The van der Waals surface area contributed by atoms with Crippen molar-refractivity contribution >= 4 is 33.2 Å². The number of aromatic nitrogens is 1. The van der Waals surface area contributed by atoms with Crippen LogP contribution in [0.3, 0.4) is 0 Å². The zero-order valence-corrected chi connectivity index (χ0v) is 10.8. The highest BCUT2D eigenvalue weighted by atomic mass is 35.5. The molecule has 0 aromatic carbocycles. The Balaban J connectivity index is 2.16. The van der Waals surface area contributed by atoms with Crippen LogP contribution in [-0.2, 0) is 9.84 Å². The number of aromatic carboxylic acids is 1. The molecule has 1 aromatic rings. The minimum absolute atomic E-state index is 0.0414. The predicted molar refractivity (Wildman–Crippen MR) is 66.9 cm³/mol. The SMILES string of the molecule is O=C(O)c1cc(NC2CCS(=O)(=O)C2)ncc1Cl. The molecule has 0 amide bonds. The molecule has 98 valence electrons. The number of nitrogens with one attached hydrogen (secondary N) is 1. The summed E-state index contributed by atoms with van der Waals surface area (Å²) >= 11 is 5.69. The predicted octanol–water partition coefficient (Wildman–Crippen LogP) is 1.03. The van der Waals surface area contributed by atoms with Gasteiger partial charge in [-0.05, 0) is 12.5 Å². The third kappa shape index (κ3) is 2.91. The second-order valence-electron chi connectivity index (χ2n) is 4.10. The van der Waals surface area contributed by atoms with Crippen molar-refractivity contribution in [2.45, 2.75) is 12.5 Å². The molecule has 1 unspecified atom stereocenters. The highest BCUT2D eigenvalue weighted by Gasteiger charge is 2.28. The van der Waals surface area contributed by atoms with Crippen LogP contribution in [0.4, 0.5) is 5.82 Å². The van der Waals surface area contributed by atoms with E-state index in [1.807, 2.05) is 0 Å². The number of halogens is 1. The van der Waals surface area contributed by atoms with Gasteiger partial charge in [0.05, 0.1) is 22.1 Å². The summed E-state index contributed by atoms with van der Waals surface area (Å²) in [6.07, 6.45) is 1.73. The monoisotopic (exact) mass is 290 g/mol. The summed E-state index contributed by atoms with van der Waals surface area (Å²) in [7, 11) is -2.98. The van der Waals surface area contributed by atoms with E-state index in [0.717, 1.165) is 0 Å². The van der Waals surface area contributed by atoms with Gasteiger partial charge in [-0.2, -0.15) is 0 Å². The number of pyridine rings is 1. The lowest BCUT2D eigenvalue weighted by Gasteiger charge is -2.12. The smallest absolute Gasteiger partial charge is 0.337 e. The van der Waals surface area contributed by atoms with Crippen molar-refractivity contribution in [3.8, 4) is 0 Å². The average Bonchev–Trinajstić information content (AvgIpc) is 2.60. The lowest BCUT2D eigenvalue weighted by Crippen LogP contribution is -2.21. The number of nitrogens with zero attached hydrogens (tertiary/aromatic N) is 1. The van der Waals surface area contributed by atoms with Crippen LogP contribution in [0.25, 0.3) is 0 Å². The van der Waals surface area contributed by atoms with Crippen molar-refractivity contribution in [3.05, 3.63) is 22.8 Å². The minimum atomic E-state index is -2.98. The fraction of sp³-hybridized carbons (Fsp3) is 0.400. The normalized spacial score (nSPS) is 21.7. The van der Waals surface area contributed by atoms with Crippen molar-refractivity contribution in [3.63, 3.8) is 0 Å². The van der Waals surface area contributed by atoms with Crippen LogP contribution in [0.5, 0.6) is 0 Å². The number of hydrogen-bond acceptors (Lipinski definition) is 5. The van der Waals surface area contributed by atoms with Gasteiger partial charge in [-0.3, -0.25) is 0 Å². The molecule has 0 radical (unpaired) electrons. The van der Waals surface area contributed by atoms with E-state index in [0.29, 0.717) is 12.2 Å². The summed E-state index contributed by atoms with van der Waals surface area (Å²) < 4.78 is 22.6. The number of anilines is 1. The third-order valence-electron chi connectivity index (χ3n) is 2.67. The maximum Gasteiger partial charge on any atom is 0.337 e. The molecule has 18 heavy (non-hydrogen) atoms. The highest BCUT2D eigenvalue weighted by molar-refractivity contribution is 7.91. The molecule has 0 bridgehead atoms. The summed E-state index contributed by atoms with van der Waals surface area (Å²) in [5, 5.41) is 11.9. The van der Waals surface area contributed by atoms with Crippen molar-refractivity contribution in [2.24, 2.45) is 0 Å². The minimum Gasteiger partial charge on any atom is -0.478 e. The summed E-state index contributed by atoms with van der Waals surface area (Å²) in [5.41, 5.74) is -0.0602. The van der Waals surface area contributed by atoms with Crippen LogP contribution in [-0.4, -0.2) is 42.0 Å². The highest BCUT2D eigenvalue weighted by Crippen LogP contribution is 2.21. The van der Waals surface area contributed by atoms with Gasteiger partial charge >= 0.3 is 5.97 Å². The van der Waals surface area contributed by atoms with E-state index in [9.17, 15) is 13.2 Å². The number of hydrogen-bond donors (Lipinski definition) is 2. The molecule has 0 aliphatic carbocycles. The van der Waals surface area contributed by atoms with Crippen LogP contribution in [0.1, 0.15) is 16.8 Å². The summed E-state index contributed by atoms with van der Waals surface area (Å²) in [5.74, 6) is -0.646. The number of carboxylic acid groups (broad SMARTS) is 1. The topological polar surface area (TPSA) is 96.4 Å². The fourth-order valence-electron chi connectivity index (χ4n) is 1.80. The van der Waals surface area contributed by atoms with Crippen LogP contribution in [0, 0.1) is 0 Å². The van der Waals surface area contributed by atoms with Crippen LogP contribution in [0.2, 0.25) is 5.02 Å². The molecule has 2 rings (SSSR count). The molecule has 8 heteroatoms. The number of carbonyl (C=O) groups is 1. The second kappa shape index (κ2) is 4.74. The first-order valence-electron chi connectivity index (χ1n) is 5.23. The molecule has 0 spiro atoms. The van der Waals surface area contributed by atoms with E-state index in [-0.39, 0.29) is 28.1 Å². The van der Waals surface area contributed by atoms with Gasteiger partial charge in [0.2, 0.25) is 0 Å². The lowest BCUT2D eigenvalue weighted by molar-refractivity contribution is 0.0697. The van der Waals surface area contributed by atoms with Crippen molar-refractivity contribution in [2.75, 3.05) is 16.8 Å². The second-order valence-corrected chi connectivity index (χ2v) is 6.73. The van der Waals surface area contributed by atoms with Gasteiger partial charge in [0, 0.05) is 12.2 Å². The lowest BCUT2D eigenvalue weighted by atomic mass is 10.2. The molecule has 2 heterocycles. The standard InChI is InChI=1S/C10H11ClN2O4S/c11-8-4-12-9(3-7(8)10(14)15)13-6-1-2-18(16,17)5-6/h3-4,6H,1-2,5H2,(H,12,13)(H,14,15). The van der Waals surface area contributed by atoms with Crippen LogP contribution in [0.15, 0.2) is 12.3 Å². The molecule has 1 aliphatic rings. The molecule has 1 aromatic heterocycles. The summed E-state index contributed by atoms with van der Waals surface area (Å²) in [6, 6.07) is 1.07.